The van der Waals surface area contributed by atoms with E-state index < -0.39 is 10.0 Å². The molecule has 0 spiro atoms. The number of rotatable bonds is 2. The summed E-state index contributed by atoms with van der Waals surface area (Å²) in [6.07, 6.45) is 0.635. The smallest absolute Gasteiger partial charge is 0.254 e. The molecule has 0 aliphatic carbocycles. The Bertz CT molecular complexity index is 674. The van der Waals surface area contributed by atoms with Gasteiger partial charge in [-0.3, -0.25) is 9.10 Å². The van der Waals surface area contributed by atoms with E-state index in [9.17, 15) is 13.2 Å². The van der Waals surface area contributed by atoms with Gasteiger partial charge in [-0.25, -0.2) is 8.42 Å². The van der Waals surface area contributed by atoms with E-state index in [4.69, 9.17) is 0 Å². The minimum atomic E-state index is -3.22. The van der Waals surface area contributed by atoms with Gasteiger partial charge in [0.1, 0.15) is 0 Å². The van der Waals surface area contributed by atoms with E-state index in [2.05, 4.69) is 5.32 Å². The van der Waals surface area contributed by atoms with Crippen molar-refractivity contribution in [3.05, 3.63) is 29.8 Å². The van der Waals surface area contributed by atoms with E-state index >= 15 is 0 Å². The summed E-state index contributed by atoms with van der Waals surface area (Å²) in [5.74, 6) is 0.146. The highest BCUT2D eigenvalue weighted by molar-refractivity contribution is 7.93. The minimum Gasteiger partial charge on any atom is -0.336 e. The lowest BCUT2D eigenvalue weighted by molar-refractivity contribution is 0.0709. The maximum Gasteiger partial charge on any atom is 0.254 e. The maximum atomic E-state index is 12.6. The first-order valence-electron chi connectivity index (χ1n) is 7.60. The first-order chi connectivity index (χ1) is 10.5. The Kier molecular flexibility index (Phi) is 4.10. The molecule has 2 fully saturated rings. The summed E-state index contributed by atoms with van der Waals surface area (Å²) < 4.78 is 25.4. The Balaban J connectivity index is 1.83. The first kappa shape index (κ1) is 15.3. The van der Waals surface area contributed by atoms with Gasteiger partial charge in [0, 0.05) is 37.8 Å². The van der Waals surface area contributed by atoms with Gasteiger partial charge in [0.15, 0.2) is 0 Å². The number of anilines is 1. The van der Waals surface area contributed by atoms with Crippen LogP contribution >= 0.6 is 0 Å². The fourth-order valence-electron chi connectivity index (χ4n) is 3.02. The van der Waals surface area contributed by atoms with Gasteiger partial charge < -0.3 is 10.2 Å². The van der Waals surface area contributed by atoms with Gasteiger partial charge in [-0.1, -0.05) is 6.07 Å². The van der Waals surface area contributed by atoms with Crippen LogP contribution in [0.1, 0.15) is 23.7 Å². The predicted molar refractivity (Wildman–Crippen MR) is 85.6 cm³/mol. The van der Waals surface area contributed by atoms with Crippen LogP contribution in [-0.2, 0) is 10.0 Å². The number of amides is 1. The molecule has 1 amide bonds. The van der Waals surface area contributed by atoms with Crippen LogP contribution in [0, 0.1) is 0 Å². The Labute approximate surface area is 131 Å². The summed E-state index contributed by atoms with van der Waals surface area (Å²) in [5, 5.41) is 3.30. The van der Waals surface area contributed by atoms with Crippen molar-refractivity contribution < 1.29 is 13.2 Å². The molecule has 1 N–H and O–H groups in total. The molecule has 1 atom stereocenters. The third kappa shape index (κ3) is 2.96. The fraction of sp³-hybridized carbons (Fsp3) is 0.533. The molecular formula is C15H21N3O3S. The van der Waals surface area contributed by atoms with Crippen LogP contribution in [0.5, 0.6) is 0 Å². The van der Waals surface area contributed by atoms with Gasteiger partial charge in [-0.05, 0) is 31.5 Å². The summed E-state index contributed by atoms with van der Waals surface area (Å²) in [7, 11) is -3.22. The van der Waals surface area contributed by atoms with Crippen LogP contribution in [-0.4, -0.2) is 57.2 Å². The van der Waals surface area contributed by atoms with Crippen molar-refractivity contribution in [1.82, 2.24) is 10.2 Å². The Morgan fingerprint density at radius 2 is 2.14 bits per heavy atom. The zero-order valence-corrected chi connectivity index (χ0v) is 13.5. The largest absolute Gasteiger partial charge is 0.336 e. The second-order valence-electron chi connectivity index (χ2n) is 5.90. The molecular weight excluding hydrogens is 302 g/mol. The average molecular weight is 323 g/mol. The second-order valence-corrected chi connectivity index (χ2v) is 7.91. The number of nitrogens with one attached hydrogen (secondary N) is 1. The highest BCUT2D eigenvalue weighted by Gasteiger charge is 2.29. The number of carbonyl (C=O) groups is 1. The van der Waals surface area contributed by atoms with Gasteiger partial charge in [0.05, 0.1) is 11.4 Å². The third-order valence-electron chi connectivity index (χ3n) is 4.14. The SMILES string of the molecule is CC1CN(C(=O)c2cccc(N3CCCS3(=O)=O)c2)CCN1. The molecule has 22 heavy (non-hydrogen) atoms. The lowest BCUT2D eigenvalue weighted by atomic mass is 10.1. The van der Waals surface area contributed by atoms with Crippen LogP contribution in [0.3, 0.4) is 0 Å². The highest BCUT2D eigenvalue weighted by atomic mass is 32.2. The quantitative estimate of drug-likeness (QED) is 0.868. The van der Waals surface area contributed by atoms with E-state index in [0.29, 0.717) is 37.3 Å². The van der Waals surface area contributed by atoms with Crippen molar-refractivity contribution in [2.24, 2.45) is 0 Å². The fourth-order valence-corrected chi connectivity index (χ4v) is 4.58. The van der Waals surface area contributed by atoms with Gasteiger partial charge in [0.25, 0.3) is 5.91 Å². The van der Waals surface area contributed by atoms with Crippen LogP contribution in [0.25, 0.3) is 0 Å². The van der Waals surface area contributed by atoms with Gasteiger partial charge in [-0.2, -0.15) is 0 Å². The molecule has 2 aliphatic heterocycles. The Morgan fingerprint density at radius 3 is 2.82 bits per heavy atom. The molecule has 0 bridgehead atoms. The number of hydrogen-bond acceptors (Lipinski definition) is 4. The maximum absolute atomic E-state index is 12.6. The summed E-state index contributed by atoms with van der Waals surface area (Å²) in [5.41, 5.74) is 1.14. The molecule has 0 radical (unpaired) electrons. The molecule has 6 nitrogen and oxygen atoms in total. The molecule has 1 unspecified atom stereocenters. The number of sulfonamides is 1. The summed E-state index contributed by atoms with van der Waals surface area (Å²) in [6, 6.07) is 7.22. The number of nitrogens with zero attached hydrogens (tertiary/aromatic N) is 2. The van der Waals surface area contributed by atoms with Crippen LogP contribution in [0.15, 0.2) is 24.3 Å². The van der Waals surface area contributed by atoms with Gasteiger partial charge >= 0.3 is 0 Å². The monoisotopic (exact) mass is 323 g/mol. The van der Waals surface area contributed by atoms with E-state index in [1.165, 1.54) is 4.31 Å². The molecule has 7 heteroatoms. The van der Waals surface area contributed by atoms with Gasteiger partial charge in [-0.15, -0.1) is 0 Å². The first-order valence-corrected chi connectivity index (χ1v) is 9.21. The van der Waals surface area contributed by atoms with Crippen LogP contribution < -0.4 is 9.62 Å². The van der Waals surface area contributed by atoms with Gasteiger partial charge in [0.2, 0.25) is 10.0 Å². The number of piperazine rings is 1. The zero-order chi connectivity index (χ0) is 15.7. The van der Waals surface area contributed by atoms with Crippen LogP contribution in [0.2, 0.25) is 0 Å². The predicted octanol–water partition coefficient (Wildman–Crippen LogP) is 0.660. The van der Waals surface area contributed by atoms with Crippen molar-refractivity contribution in [3.8, 4) is 0 Å². The van der Waals surface area contributed by atoms with E-state index in [1.807, 2.05) is 11.8 Å². The number of hydrogen-bond donors (Lipinski definition) is 1. The topological polar surface area (TPSA) is 69.7 Å². The standard InChI is InChI=1S/C15H21N3O3S/c1-12-11-17(8-6-16-12)15(19)13-4-2-5-14(10-13)18-7-3-9-22(18,20)21/h2,4-5,10,12,16H,3,6-9,11H2,1H3. The minimum absolute atomic E-state index is 0.0354. The molecule has 2 heterocycles. The zero-order valence-electron chi connectivity index (χ0n) is 12.7. The summed E-state index contributed by atoms with van der Waals surface area (Å²) in [4.78, 5) is 14.4. The third-order valence-corrected chi connectivity index (χ3v) is 6.01. The number of benzene rings is 1. The lowest BCUT2D eigenvalue weighted by Gasteiger charge is -2.32. The molecule has 2 aliphatic rings. The molecule has 1 aromatic carbocycles. The number of carbonyl (C=O) groups excluding carboxylic acids is 1. The molecule has 120 valence electrons. The Hall–Kier alpha value is -1.60. The van der Waals surface area contributed by atoms with E-state index in [0.717, 1.165) is 6.54 Å². The Morgan fingerprint density at radius 1 is 1.32 bits per heavy atom. The molecule has 3 rings (SSSR count). The molecule has 1 aromatic rings. The molecule has 0 aromatic heterocycles. The average Bonchev–Trinajstić information content (AvgIpc) is 2.86. The normalized spacial score (nSPS) is 24.5. The van der Waals surface area contributed by atoms with Crippen molar-refractivity contribution >= 4 is 21.6 Å². The summed E-state index contributed by atoms with van der Waals surface area (Å²) in [6.45, 7) is 4.67. The highest BCUT2D eigenvalue weighted by Crippen LogP contribution is 2.25. The lowest BCUT2D eigenvalue weighted by Crippen LogP contribution is -2.51. The van der Waals surface area contributed by atoms with Crippen LogP contribution in [0.4, 0.5) is 5.69 Å². The molecule has 0 saturated carbocycles. The summed E-state index contributed by atoms with van der Waals surface area (Å²) >= 11 is 0. The van der Waals surface area contributed by atoms with Crippen molar-refractivity contribution in [2.75, 3.05) is 36.2 Å². The second kappa shape index (κ2) is 5.89. The molecule has 2 saturated heterocycles. The van der Waals surface area contributed by atoms with Crippen molar-refractivity contribution in [2.45, 2.75) is 19.4 Å². The van der Waals surface area contributed by atoms with Crippen molar-refractivity contribution in [3.63, 3.8) is 0 Å². The van der Waals surface area contributed by atoms with E-state index in [1.54, 1.807) is 24.3 Å². The van der Waals surface area contributed by atoms with Crippen molar-refractivity contribution in [1.29, 1.82) is 0 Å². The van der Waals surface area contributed by atoms with E-state index in [-0.39, 0.29) is 17.7 Å².